The Morgan fingerprint density at radius 3 is 3.05 bits per heavy atom. The van der Waals surface area contributed by atoms with Gasteiger partial charge in [-0.3, -0.25) is 9.48 Å². The molecular weight excluding hydrogens is 294 g/mol. The SMILES string of the molecule is Cn1cc(NC(=O)C2CCc3nncn3CC2)c(C(F)F)n1. The molecule has 1 amide bonds. The molecule has 0 aromatic carbocycles. The van der Waals surface area contributed by atoms with Crippen LogP contribution in [0.4, 0.5) is 14.5 Å². The molecule has 0 saturated carbocycles. The highest BCUT2D eigenvalue weighted by atomic mass is 19.3. The van der Waals surface area contributed by atoms with E-state index in [-0.39, 0.29) is 17.5 Å². The molecule has 1 aliphatic heterocycles. The molecule has 118 valence electrons. The van der Waals surface area contributed by atoms with E-state index in [1.165, 1.54) is 10.9 Å². The molecule has 0 aliphatic carbocycles. The molecule has 3 rings (SSSR count). The monoisotopic (exact) mass is 310 g/mol. The molecule has 1 aliphatic rings. The van der Waals surface area contributed by atoms with Gasteiger partial charge in [-0.15, -0.1) is 10.2 Å². The van der Waals surface area contributed by atoms with Gasteiger partial charge < -0.3 is 9.88 Å². The van der Waals surface area contributed by atoms with Crippen LogP contribution in [0.15, 0.2) is 12.5 Å². The molecule has 7 nitrogen and oxygen atoms in total. The maximum atomic E-state index is 12.9. The molecule has 0 radical (unpaired) electrons. The van der Waals surface area contributed by atoms with E-state index in [0.717, 1.165) is 5.82 Å². The summed E-state index contributed by atoms with van der Waals surface area (Å²) < 4.78 is 29.0. The van der Waals surface area contributed by atoms with Crippen LogP contribution in [0, 0.1) is 5.92 Å². The second-order valence-corrected chi connectivity index (χ2v) is 5.36. The highest BCUT2D eigenvalue weighted by molar-refractivity contribution is 5.93. The molecule has 2 aromatic rings. The first kappa shape index (κ1) is 14.6. The minimum absolute atomic E-state index is 0.0751. The van der Waals surface area contributed by atoms with E-state index in [2.05, 4.69) is 20.6 Å². The molecule has 0 bridgehead atoms. The number of amides is 1. The van der Waals surface area contributed by atoms with Gasteiger partial charge in [-0.25, -0.2) is 8.78 Å². The second-order valence-electron chi connectivity index (χ2n) is 5.36. The Bertz CT molecular complexity index is 657. The van der Waals surface area contributed by atoms with E-state index in [1.807, 2.05) is 4.57 Å². The Hall–Kier alpha value is -2.32. The minimum atomic E-state index is -2.72. The largest absolute Gasteiger partial charge is 0.323 e. The number of fused-ring (bicyclic) bond motifs is 1. The zero-order chi connectivity index (χ0) is 15.7. The molecule has 1 atom stereocenters. The van der Waals surface area contributed by atoms with Gasteiger partial charge in [0.25, 0.3) is 6.43 Å². The van der Waals surface area contributed by atoms with Gasteiger partial charge in [0, 0.05) is 32.1 Å². The van der Waals surface area contributed by atoms with Gasteiger partial charge in [-0.1, -0.05) is 0 Å². The Balaban J connectivity index is 1.69. The molecule has 22 heavy (non-hydrogen) atoms. The summed E-state index contributed by atoms with van der Waals surface area (Å²) in [6, 6.07) is 0. The Labute approximate surface area is 125 Å². The number of aromatic nitrogens is 5. The summed E-state index contributed by atoms with van der Waals surface area (Å²) >= 11 is 0. The number of rotatable bonds is 3. The number of halogens is 2. The van der Waals surface area contributed by atoms with Crippen molar-refractivity contribution in [2.45, 2.75) is 32.2 Å². The van der Waals surface area contributed by atoms with Crippen LogP contribution >= 0.6 is 0 Å². The summed E-state index contributed by atoms with van der Waals surface area (Å²) in [6.07, 6.45) is 2.21. The maximum absolute atomic E-state index is 12.9. The number of carbonyl (C=O) groups excluding carboxylic acids is 1. The van der Waals surface area contributed by atoms with Gasteiger partial charge in [0.2, 0.25) is 5.91 Å². The molecule has 3 heterocycles. The smallest absolute Gasteiger partial charge is 0.284 e. The third-order valence-corrected chi connectivity index (χ3v) is 3.82. The van der Waals surface area contributed by atoms with Gasteiger partial charge in [0.15, 0.2) is 5.69 Å². The number of carbonyl (C=O) groups is 1. The van der Waals surface area contributed by atoms with E-state index < -0.39 is 12.1 Å². The summed E-state index contributed by atoms with van der Waals surface area (Å²) in [7, 11) is 1.54. The highest BCUT2D eigenvalue weighted by Crippen LogP contribution is 2.27. The summed E-state index contributed by atoms with van der Waals surface area (Å²) in [4.78, 5) is 12.3. The lowest BCUT2D eigenvalue weighted by Gasteiger charge is -2.13. The lowest BCUT2D eigenvalue weighted by Crippen LogP contribution is -2.23. The number of hydrogen-bond acceptors (Lipinski definition) is 4. The molecule has 0 fully saturated rings. The first-order valence-corrected chi connectivity index (χ1v) is 7.04. The third-order valence-electron chi connectivity index (χ3n) is 3.82. The first-order valence-electron chi connectivity index (χ1n) is 7.04. The van der Waals surface area contributed by atoms with E-state index in [0.29, 0.717) is 25.8 Å². The number of nitrogens with one attached hydrogen (secondary N) is 1. The molecule has 2 aromatic heterocycles. The van der Waals surface area contributed by atoms with E-state index in [9.17, 15) is 13.6 Å². The van der Waals surface area contributed by atoms with Crippen molar-refractivity contribution in [3.8, 4) is 0 Å². The summed E-state index contributed by atoms with van der Waals surface area (Å²) in [6.45, 7) is 0.648. The van der Waals surface area contributed by atoms with Crippen LogP contribution in [-0.2, 0) is 24.8 Å². The average molecular weight is 310 g/mol. The summed E-state index contributed by atoms with van der Waals surface area (Å²) in [5, 5.41) is 14.1. The van der Waals surface area contributed by atoms with Gasteiger partial charge in [-0.2, -0.15) is 5.10 Å². The molecule has 1 N–H and O–H groups in total. The van der Waals surface area contributed by atoms with Crippen LogP contribution in [-0.4, -0.2) is 30.5 Å². The van der Waals surface area contributed by atoms with E-state index >= 15 is 0 Å². The van der Waals surface area contributed by atoms with Crippen molar-refractivity contribution in [2.75, 3.05) is 5.32 Å². The summed E-state index contributed by atoms with van der Waals surface area (Å²) in [5.41, 5.74) is -0.326. The minimum Gasteiger partial charge on any atom is -0.323 e. The van der Waals surface area contributed by atoms with Crippen LogP contribution < -0.4 is 5.32 Å². The molecule has 9 heteroatoms. The van der Waals surface area contributed by atoms with Crippen molar-refractivity contribution >= 4 is 11.6 Å². The highest BCUT2D eigenvalue weighted by Gasteiger charge is 2.26. The van der Waals surface area contributed by atoms with E-state index in [1.54, 1.807) is 13.4 Å². The summed E-state index contributed by atoms with van der Waals surface area (Å²) in [5.74, 6) is 0.353. The average Bonchev–Trinajstić information content (AvgIpc) is 3.00. The zero-order valence-corrected chi connectivity index (χ0v) is 12.0. The fraction of sp³-hybridized carbons (Fsp3) is 0.538. The third kappa shape index (κ3) is 2.83. The van der Waals surface area contributed by atoms with Crippen molar-refractivity contribution < 1.29 is 13.6 Å². The van der Waals surface area contributed by atoms with Gasteiger partial charge in [0.05, 0.1) is 5.69 Å². The quantitative estimate of drug-likeness (QED) is 0.933. The van der Waals surface area contributed by atoms with Crippen molar-refractivity contribution in [3.63, 3.8) is 0 Å². The first-order chi connectivity index (χ1) is 10.5. The number of anilines is 1. The molecule has 1 unspecified atom stereocenters. The number of alkyl halides is 2. The van der Waals surface area contributed by atoms with Crippen molar-refractivity contribution in [3.05, 3.63) is 24.0 Å². The Morgan fingerprint density at radius 1 is 1.45 bits per heavy atom. The second kappa shape index (κ2) is 5.82. The number of nitrogens with zero attached hydrogens (tertiary/aromatic N) is 5. The van der Waals surface area contributed by atoms with Crippen LogP contribution in [0.25, 0.3) is 0 Å². The normalized spacial score (nSPS) is 18.1. The standard InChI is InChI=1S/C13H16F2N6O/c1-20-6-9(11(19-20)12(14)15)17-13(22)8-2-3-10-18-16-7-21(10)5-4-8/h6-8,12H,2-5H2,1H3,(H,17,22). The predicted octanol–water partition coefficient (Wildman–Crippen LogP) is 1.54. The van der Waals surface area contributed by atoms with Crippen molar-refractivity contribution in [2.24, 2.45) is 13.0 Å². The van der Waals surface area contributed by atoms with Gasteiger partial charge in [-0.05, 0) is 12.8 Å². The molecule has 0 spiro atoms. The number of aryl methyl sites for hydroxylation is 3. The molecule has 0 saturated heterocycles. The van der Waals surface area contributed by atoms with Crippen molar-refractivity contribution in [1.29, 1.82) is 0 Å². The van der Waals surface area contributed by atoms with Crippen LogP contribution in [0.5, 0.6) is 0 Å². The lowest BCUT2D eigenvalue weighted by molar-refractivity contribution is -0.120. The fourth-order valence-corrected chi connectivity index (χ4v) is 2.66. The topological polar surface area (TPSA) is 77.6 Å². The number of hydrogen-bond donors (Lipinski definition) is 1. The van der Waals surface area contributed by atoms with Gasteiger partial charge >= 0.3 is 0 Å². The van der Waals surface area contributed by atoms with Crippen molar-refractivity contribution in [1.82, 2.24) is 24.5 Å². The van der Waals surface area contributed by atoms with E-state index in [4.69, 9.17) is 0 Å². The van der Waals surface area contributed by atoms with Gasteiger partial charge in [0.1, 0.15) is 12.2 Å². The zero-order valence-electron chi connectivity index (χ0n) is 12.0. The lowest BCUT2D eigenvalue weighted by atomic mass is 9.99. The Morgan fingerprint density at radius 2 is 2.27 bits per heavy atom. The van der Waals surface area contributed by atoms with Crippen LogP contribution in [0.1, 0.15) is 30.8 Å². The Kier molecular flexibility index (Phi) is 3.86. The van der Waals surface area contributed by atoms with Crippen LogP contribution in [0.3, 0.4) is 0 Å². The predicted molar refractivity (Wildman–Crippen MR) is 73.2 cm³/mol. The van der Waals surface area contributed by atoms with Crippen LogP contribution in [0.2, 0.25) is 0 Å². The fourth-order valence-electron chi connectivity index (χ4n) is 2.66. The molecular formula is C13H16F2N6O. The maximum Gasteiger partial charge on any atom is 0.284 e.